The van der Waals surface area contributed by atoms with E-state index in [4.69, 9.17) is 4.74 Å². The molecule has 1 aliphatic heterocycles. The number of hydrogen-bond donors (Lipinski definition) is 1. The van der Waals surface area contributed by atoms with Crippen molar-refractivity contribution in [2.24, 2.45) is 0 Å². The van der Waals surface area contributed by atoms with Crippen LogP contribution in [0.2, 0.25) is 0 Å². The Hall–Kier alpha value is -1.88. The lowest BCUT2D eigenvalue weighted by Gasteiger charge is -2.28. The third-order valence-electron chi connectivity index (χ3n) is 4.50. The summed E-state index contributed by atoms with van der Waals surface area (Å²) in [5.41, 5.74) is 1.99. The van der Waals surface area contributed by atoms with E-state index in [1.165, 1.54) is 37.8 Å². The van der Waals surface area contributed by atoms with Crippen molar-refractivity contribution in [2.45, 2.75) is 59.3 Å². The standard InChI is InChI=1S/C20H29FN2O2.C2H6/c1-2-3-6-17-9-12-23(13-10-17)11-4-5-14-25-20-8-7-18(21)15-19(20)22-16-24;1-2/h6-8,15-16H,2-5,9-14H2,1H3,(H,22,24);1-2H3. The topological polar surface area (TPSA) is 41.6 Å². The van der Waals surface area contributed by atoms with Crippen LogP contribution in [-0.2, 0) is 4.79 Å². The minimum atomic E-state index is -0.394. The van der Waals surface area contributed by atoms with E-state index >= 15 is 0 Å². The average Bonchev–Trinajstić information content (AvgIpc) is 2.70. The number of nitrogens with one attached hydrogen (secondary N) is 1. The van der Waals surface area contributed by atoms with E-state index in [0.717, 1.165) is 32.5 Å². The lowest BCUT2D eigenvalue weighted by Crippen LogP contribution is -2.31. The van der Waals surface area contributed by atoms with Crippen molar-refractivity contribution < 1.29 is 13.9 Å². The zero-order valence-corrected chi connectivity index (χ0v) is 17.1. The van der Waals surface area contributed by atoms with Gasteiger partial charge in [0.1, 0.15) is 11.6 Å². The summed E-state index contributed by atoms with van der Waals surface area (Å²) in [6.45, 7) is 10.2. The fourth-order valence-corrected chi connectivity index (χ4v) is 3.04. The van der Waals surface area contributed by atoms with E-state index < -0.39 is 5.82 Å². The molecule has 5 heteroatoms. The molecule has 1 saturated heterocycles. The lowest BCUT2D eigenvalue weighted by atomic mass is 10.0. The Morgan fingerprint density at radius 1 is 1.22 bits per heavy atom. The maximum absolute atomic E-state index is 13.2. The minimum Gasteiger partial charge on any atom is -0.491 e. The first-order valence-corrected chi connectivity index (χ1v) is 10.3. The van der Waals surface area contributed by atoms with Gasteiger partial charge in [-0.3, -0.25) is 4.79 Å². The second-order valence-electron chi connectivity index (χ2n) is 6.45. The van der Waals surface area contributed by atoms with Crippen LogP contribution in [0.5, 0.6) is 5.75 Å². The number of carbonyl (C=O) groups excluding carboxylic acids is 1. The summed E-state index contributed by atoms with van der Waals surface area (Å²) in [7, 11) is 0. The fourth-order valence-electron chi connectivity index (χ4n) is 3.04. The van der Waals surface area contributed by atoms with Crippen LogP contribution in [0.1, 0.15) is 59.3 Å². The number of nitrogens with zero attached hydrogens (tertiary/aromatic N) is 1. The first-order chi connectivity index (χ1) is 13.2. The summed E-state index contributed by atoms with van der Waals surface area (Å²) in [6, 6.07) is 4.15. The Kier molecular flexibility index (Phi) is 12.2. The summed E-state index contributed by atoms with van der Waals surface area (Å²) in [6.07, 6.45) is 9.79. The number of allylic oxidation sites excluding steroid dienone is 1. The van der Waals surface area contributed by atoms with Gasteiger partial charge in [-0.15, -0.1) is 0 Å². The molecular formula is C22H35FN2O2. The fraction of sp³-hybridized carbons (Fsp3) is 0.591. The molecule has 1 aliphatic rings. The van der Waals surface area contributed by atoms with Crippen molar-refractivity contribution in [1.82, 2.24) is 4.90 Å². The number of anilines is 1. The molecule has 1 N–H and O–H groups in total. The predicted molar refractivity (Wildman–Crippen MR) is 111 cm³/mol. The Morgan fingerprint density at radius 2 is 1.96 bits per heavy atom. The van der Waals surface area contributed by atoms with E-state index in [-0.39, 0.29) is 0 Å². The second kappa shape index (κ2) is 14.2. The lowest BCUT2D eigenvalue weighted by molar-refractivity contribution is -0.105. The number of amides is 1. The van der Waals surface area contributed by atoms with E-state index in [0.29, 0.717) is 24.5 Å². The number of rotatable bonds is 10. The molecule has 4 nitrogen and oxygen atoms in total. The van der Waals surface area contributed by atoms with Crippen LogP contribution in [0, 0.1) is 5.82 Å². The zero-order valence-electron chi connectivity index (χ0n) is 17.1. The first kappa shape index (κ1) is 23.2. The van der Waals surface area contributed by atoms with Gasteiger partial charge >= 0.3 is 0 Å². The maximum atomic E-state index is 13.2. The average molecular weight is 379 g/mol. The quantitative estimate of drug-likeness (QED) is 0.337. The first-order valence-electron chi connectivity index (χ1n) is 10.3. The van der Waals surface area contributed by atoms with Crippen molar-refractivity contribution in [1.29, 1.82) is 0 Å². The molecule has 0 aromatic heterocycles. The monoisotopic (exact) mass is 378 g/mol. The normalized spacial score (nSPS) is 14.1. The number of ether oxygens (including phenoxy) is 1. The van der Waals surface area contributed by atoms with E-state index in [1.54, 1.807) is 11.6 Å². The highest BCUT2D eigenvalue weighted by Crippen LogP contribution is 2.25. The number of carbonyl (C=O) groups is 1. The minimum absolute atomic E-state index is 0.373. The summed E-state index contributed by atoms with van der Waals surface area (Å²) in [5, 5.41) is 2.47. The highest BCUT2D eigenvalue weighted by molar-refractivity contribution is 5.75. The molecule has 0 radical (unpaired) electrons. The van der Waals surface area contributed by atoms with Gasteiger partial charge in [-0.05, 0) is 50.8 Å². The molecule has 1 heterocycles. The Balaban J connectivity index is 0.00000176. The van der Waals surface area contributed by atoms with Crippen LogP contribution in [0.4, 0.5) is 10.1 Å². The van der Waals surface area contributed by atoms with Crippen LogP contribution in [0.3, 0.4) is 0 Å². The SMILES string of the molecule is CC.CCCC=C1CCN(CCCCOc2ccc(F)cc2NC=O)CC1. The smallest absolute Gasteiger partial charge is 0.211 e. The predicted octanol–water partition coefficient (Wildman–Crippen LogP) is 5.40. The van der Waals surface area contributed by atoms with Crippen molar-refractivity contribution >= 4 is 12.1 Å². The summed E-state index contributed by atoms with van der Waals surface area (Å²) >= 11 is 0. The van der Waals surface area contributed by atoms with Crippen molar-refractivity contribution in [3.05, 3.63) is 35.7 Å². The van der Waals surface area contributed by atoms with Gasteiger partial charge in [-0.25, -0.2) is 4.39 Å². The van der Waals surface area contributed by atoms with Crippen LogP contribution in [-0.4, -0.2) is 37.6 Å². The van der Waals surface area contributed by atoms with Gasteiger partial charge in [-0.2, -0.15) is 0 Å². The Bertz CT molecular complexity index is 565. The molecule has 1 amide bonds. The van der Waals surface area contributed by atoms with Gasteiger partial charge < -0.3 is 15.0 Å². The van der Waals surface area contributed by atoms with Gasteiger partial charge in [0, 0.05) is 19.2 Å². The molecule has 1 fully saturated rings. The number of halogens is 1. The Morgan fingerprint density at radius 3 is 2.63 bits per heavy atom. The highest BCUT2D eigenvalue weighted by atomic mass is 19.1. The van der Waals surface area contributed by atoms with Crippen molar-refractivity contribution in [3.8, 4) is 5.75 Å². The van der Waals surface area contributed by atoms with Gasteiger partial charge in [0.2, 0.25) is 6.41 Å². The molecular weight excluding hydrogens is 343 g/mol. The van der Waals surface area contributed by atoms with Crippen LogP contribution in [0.25, 0.3) is 0 Å². The van der Waals surface area contributed by atoms with Crippen molar-refractivity contribution in [3.63, 3.8) is 0 Å². The zero-order chi connectivity index (χ0) is 19.9. The number of piperidine rings is 1. The molecule has 0 saturated carbocycles. The molecule has 1 aromatic carbocycles. The van der Waals surface area contributed by atoms with Gasteiger partial charge in [0.25, 0.3) is 0 Å². The van der Waals surface area contributed by atoms with Crippen LogP contribution in [0.15, 0.2) is 29.8 Å². The van der Waals surface area contributed by atoms with E-state index in [9.17, 15) is 9.18 Å². The largest absolute Gasteiger partial charge is 0.491 e. The highest BCUT2D eigenvalue weighted by Gasteiger charge is 2.13. The molecule has 152 valence electrons. The van der Waals surface area contributed by atoms with Crippen molar-refractivity contribution in [2.75, 3.05) is 31.6 Å². The van der Waals surface area contributed by atoms with E-state index in [2.05, 4.69) is 23.2 Å². The number of benzene rings is 1. The molecule has 27 heavy (non-hydrogen) atoms. The van der Waals surface area contributed by atoms with Crippen LogP contribution >= 0.6 is 0 Å². The third kappa shape index (κ3) is 9.05. The number of hydrogen-bond acceptors (Lipinski definition) is 3. The molecule has 1 aromatic rings. The maximum Gasteiger partial charge on any atom is 0.211 e. The summed E-state index contributed by atoms with van der Waals surface area (Å²) in [4.78, 5) is 13.1. The van der Waals surface area contributed by atoms with Gasteiger partial charge in [0.05, 0.1) is 12.3 Å². The molecule has 0 spiro atoms. The third-order valence-corrected chi connectivity index (χ3v) is 4.50. The molecule has 0 unspecified atom stereocenters. The van der Waals surface area contributed by atoms with Gasteiger partial charge in [-0.1, -0.05) is 38.8 Å². The summed E-state index contributed by atoms with van der Waals surface area (Å²) in [5.74, 6) is 0.117. The van der Waals surface area contributed by atoms with Gasteiger partial charge in [0.15, 0.2) is 0 Å². The molecule has 0 bridgehead atoms. The van der Waals surface area contributed by atoms with Crippen LogP contribution < -0.4 is 10.1 Å². The number of likely N-dealkylation sites (tertiary alicyclic amines) is 1. The molecule has 2 rings (SSSR count). The molecule has 0 atom stereocenters. The second-order valence-corrected chi connectivity index (χ2v) is 6.45. The molecule has 0 aliphatic carbocycles. The number of unbranched alkanes of at least 4 members (excludes halogenated alkanes) is 2. The Labute approximate surface area is 163 Å². The van der Waals surface area contributed by atoms with E-state index in [1.807, 2.05) is 13.8 Å². The summed E-state index contributed by atoms with van der Waals surface area (Å²) < 4.78 is 18.9.